The number of hydrogen-bond acceptors (Lipinski definition) is 4. The molecule has 3 saturated carbocycles. The van der Waals surface area contributed by atoms with E-state index >= 15 is 0 Å². The van der Waals surface area contributed by atoms with E-state index in [0.29, 0.717) is 22.9 Å². The van der Waals surface area contributed by atoms with Gasteiger partial charge in [0, 0.05) is 12.5 Å². The van der Waals surface area contributed by atoms with Gasteiger partial charge in [0.05, 0.1) is 19.3 Å². The maximum Gasteiger partial charge on any atom is 0.169 e. The first-order valence-corrected chi connectivity index (χ1v) is 13.7. The molecule has 6 aliphatic rings. The molecule has 2 saturated heterocycles. The number of rotatable bonds is 3. The largest absolute Gasteiger partial charge is 0.353 e. The van der Waals surface area contributed by atoms with E-state index < -0.39 is 0 Å². The highest BCUT2D eigenvalue weighted by Crippen LogP contribution is 2.68. The lowest BCUT2D eigenvalue weighted by Crippen LogP contribution is -2.53. The van der Waals surface area contributed by atoms with Crippen LogP contribution in [0.25, 0.3) is 0 Å². The molecule has 4 nitrogen and oxygen atoms in total. The predicted molar refractivity (Wildman–Crippen MR) is 124 cm³/mol. The molecule has 0 aromatic heterocycles. The van der Waals surface area contributed by atoms with Gasteiger partial charge in [-0.3, -0.25) is 0 Å². The summed E-state index contributed by atoms with van der Waals surface area (Å²) in [6, 6.07) is 0. The summed E-state index contributed by atoms with van der Waals surface area (Å²) in [5, 5.41) is 0. The van der Waals surface area contributed by atoms with Crippen molar-refractivity contribution in [2.45, 2.75) is 110 Å². The summed E-state index contributed by atoms with van der Waals surface area (Å²) < 4.78 is 24.7. The van der Waals surface area contributed by atoms with Crippen LogP contribution in [0.5, 0.6) is 0 Å². The van der Waals surface area contributed by atoms with E-state index in [1.807, 2.05) is 0 Å². The number of fused-ring (bicyclic) bond motifs is 5. The molecule has 2 aliphatic heterocycles. The van der Waals surface area contributed by atoms with Gasteiger partial charge in [0.25, 0.3) is 0 Å². The molecule has 0 unspecified atom stereocenters. The Bertz CT molecular complexity index is 736. The average molecular weight is 445 g/mol. The van der Waals surface area contributed by atoms with Crippen LogP contribution in [-0.4, -0.2) is 38.0 Å². The van der Waals surface area contributed by atoms with Crippen molar-refractivity contribution in [3.8, 4) is 0 Å². The maximum absolute atomic E-state index is 6.44. The third-order valence-corrected chi connectivity index (χ3v) is 11.0. The maximum atomic E-state index is 6.44. The summed E-state index contributed by atoms with van der Waals surface area (Å²) in [6.45, 7) is 9.80. The Kier molecular flexibility index (Phi) is 5.57. The minimum atomic E-state index is -0.355. The van der Waals surface area contributed by atoms with Gasteiger partial charge in [-0.05, 0) is 106 Å². The SMILES string of the molecule is CC1([C@H]2CC[C@H]3[C@@H]4CC=C5C[C@@H](O[C@@H]6CCCCO6)CC[C@]5(C)[C@@H]4CC[C@]23C)OCCO1. The van der Waals surface area contributed by atoms with Gasteiger partial charge in [-0.1, -0.05) is 25.5 Å². The van der Waals surface area contributed by atoms with E-state index in [9.17, 15) is 0 Å². The molecular formula is C28H44O4. The fourth-order valence-corrected chi connectivity index (χ4v) is 9.37. The van der Waals surface area contributed by atoms with Crippen LogP contribution in [0.4, 0.5) is 0 Å². The fourth-order valence-electron chi connectivity index (χ4n) is 9.37. The minimum Gasteiger partial charge on any atom is -0.353 e. The van der Waals surface area contributed by atoms with Crippen LogP contribution in [0.1, 0.15) is 91.4 Å². The smallest absolute Gasteiger partial charge is 0.169 e. The van der Waals surface area contributed by atoms with Crippen molar-refractivity contribution in [3.63, 3.8) is 0 Å². The zero-order chi connectivity index (χ0) is 22.0. The highest BCUT2D eigenvalue weighted by Gasteiger charge is 2.62. The summed E-state index contributed by atoms with van der Waals surface area (Å²) in [6.07, 6.45) is 16.8. The van der Waals surface area contributed by atoms with Crippen molar-refractivity contribution < 1.29 is 18.9 Å². The van der Waals surface area contributed by atoms with Gasteiger partial charge in [-0.2, -0.15) is 0 Å². The van der Waals surface area contributed by atoms with E-state index in [1.54, 1.807) is 5.57 Å². The van der Waals surface area contributed by atoms with Crippen molar-refractivity contribution in [1.82, 2.24) is 0 Å². The van der Waals surface area contributed by atoms with Gasteiger partial charge in [-0.25, -0.2) is 0 Å². The molecule has 0 N–H and O–H groups in total. The molecule has 0 amide bonds. The molecule has 0 radical (unpaired) electrons. The Morgan fingerprint density at radius 2 is 1.72 bits per heavy atom. The molecular weight excluding hydrogens is 400 g/mol. The topological polar surface area (TPSA) is 36.9 Å². The molecule has 6 rings (SSSR count). The monoisotopic (exact) mass is 444 g/mol. The van der Waals surface area contributed by atoms with Crippen LogP contribution < -0.4 is 0 Å². The van der Waals surface area contributed by atoms with Gasteiger partial charge in [0.1, 0.15) is 0 Å². The first kappa shape index (κ1) is 22.1. The lowest BCUT2D eigenvalue weighted by atomic mass is 9.47. The number of hydrogen-bond donors (Lipinski definition) is 0. The van der Waals surface area contributed by atoms with E-state index in [4.69, 9.17) is 18.9 Å². The predicted octanol–water partition coefficient (Wildman–Crippen LogP) is 6.24. The van der Waals surface area contributed by atoms with Crippen molar-refractivity contribution in [1.29, 1.82) is 0 Å². The van der Waals surface area contributed by atoms with Crippen LogP contribution in [0, 0.1) is 34.5 Å². The molecule has 2 heterocycles. The van der Waals surface area contributed by atoms with E-state index in [2.05, 4.69) is 26.8 Å². The Morgan fingerprint density at radius 3 is 2.50 bits per heavy atom. The molecule has 32 heavy (non-hydrogen) atoms. The zero-order valence-electron chi connectivity index (χ0n) is 20.6. The Balaban J connectivity index is 1.19. The van der Waals surface area contributed by atoms with Gasteiger partial charge in [-0.15, -0.1) is 0 Å². The minimum absolute atomic E-state index is 0.0437. The Morgan fingerprint density at radius 1 is 0.875 bits per heavy atom. The molecule has 4 aliphatic carbocycles. The Hall–Kier alpha value is -0.420. The van der Waals surface area contributed by atoms with E-state index in [1.165, 1.54) is 57.8 Å². The first-order chi connectivity index (χ1) is 15.4. The first-order valence-electron chi connectivity index (χ1n) is 13.7. The van der Waals surface area contributed by atoms with Gasteiger partial charge < -0.3 is 18.9 Å². The number of ether oxygens (including phenoxy) is 4. The lowest BCUT2D eigenvalue weighted by Gasteiger charge is -2.59. The van der Waals surface area contributed by atoms with E-state index in [-0.39, 0.29) is 12.1 Å². The molecule has 0 bridgehead atoms. The van der Waals surface area contributed by atoms with Crippen molar-refractivity contribution in [2.75, 3.05) is 19.8 Å². The molecule has 180 valence electrons. The summed E-state index contributed by atoms with van der Waals surface area (Å²) >= 11 is 0. The van der Waals surface area contributed by atoms with Crippen LogP contribution in [-0.2, 0) is 18.9 Å². The van der Waals surface area contributed by atoms with Crippen LogP contribution in [0.15, 0.2) is 11.6 Å². The second kappa shape index (κ2) is 8.07. The van der Waals surface area contributed by atoms with Crippen molar-refractivity contribution >= 4 is 0 Å². The summed E-state index contributed by atoms with van der Waals surface area (Å²) in [4.78, 5) is 0. The molecule has 8 atom stereocenters. The van der Waals surface area contributed by atoms with Crippen LogP contribution in [0.2, 0.25) is 0 Å². The molecule has 0 spiro atoms. The highest BCUT2D eigenvalue weighted by molar-refractivity contribution is 5.25. The summed E-state index contributed by atoms with van der Waals surface area (Å²) in [5.41, 5.74) is 2.44. The normalized spacial score (nSPS) is 50.3. The average Bonchev–Trinajstić information content (AvgIpc) is 3.38. The standard InChI is InChI=1S/C28H44O4/c1-26-13-11-20(32-25-6-4-5-15-29-25)18-19(26)7-8-21-22-9-10-24(28(3)30-16-17-31-28)27(22,2)14-12-23(21)26/h7,20-25H,4-6,8-18H2,1-3H3/t20-,21-,22-,23+,24-,25+,26-,27-/m0/s1. The quantitative estimate of drug-likeness (QED) is 0.483. The Labute approximate surface area is 194 Å². The fraction of sp³-hybridized carbons (Fsp3) is 0.929. The molecule has 5 fully saturated rings. The zero-order valence-corrected chi connectivity index (χ0v) is 20.6. The third kappa shape index (κ3) is 3.38. The van der Waals surface area contributed by atoms with Crippen molar-refractivity contribution in [2.24, 2.45) is 34.5 Å². The molecule has 0 aromatic rings. The second-order valence-electron chi connectivity index (χ2n) is 12.4. The van der Waals surface area contributed by atoms with E-state index in [0.717, 1.165) is 50.4 Å². The molecule has 0 aromatic carbocycles. The van der Waals surface area contributed by atoms with Crippen LogP contribution >= 0.6 is 0 Å². The van der Waals surface area contributed by atoms with Gasteiger partial charge in [0.15, 0.2) is 12.1 Å². The third-order valence-electron chi connectivity index (χ3n) is 11.0. The van der Waals surface area contributed by atoms with Gasteiger partial charge in [0.2, 0.25) is 0 Å². The summed E-state index contributed by atoms with van der Waals surface area (Å²) in [7, 11) is 0. The van der Waals surface area contributed by atoms with Crippen molar-refractivity contribution in [3.05, 3.63) is 11.6 Å². The highest BCUT2D eigenvalue weighted by atomic mass is 16.7. The second-order valence-corrected chi connectivity index (χ2v) is 12.4. The summed E-state index contributed by atoms with van der Waals surface area (Å²) in [5.74, 6) is 2.67. The molecule has 4 heteroatoms. The van der Waals surface area contributed by atoms with Gasteiger partial charge >= 0.3 is 0 Å². The lowest BCUT2D eigenvalue weighted by molar-refractivity contribution is -0.215. The van der Waals surface area contributed by atoms with Crippen LogP contribution in [0.3, 0.4) is 0 Å². The number of allylic oxidation sites excluding steroid dienone is 1.